The maximum absolute atomic E-state index is 13.4. The van der Waals surface area contributed by atoms with Crippen LogP contribution in [0.1, 0.15) is 23.6 Å². The number of thioether (sulfide) groups is 1. The van der Waals surface area contributed by atoms with Crippen molar-refractivity contribution in [2.75, 3.05) is 18.0 Å². The van der Waals surface area contributed by atoms with Gasteiger partial charge in [-0.15, -0.1) is 0 Å². The van der Waals surface area contributed by atoms with Crippen molar-refractivity contribution in [3.63, 3.8) is 0 Å². The number of carbonyl (C=O) groups excluding carboxylic acids is 2. The van der Waals surface area contributed by atoms with Gasteiger partial charge in [0.05, 0.1) is 17.4 Å². The predicted octanol–water partition coefficient (Wildman–Crippen LogP) is 4.04. The van der Waals surface area contributed by atoms with E-state index in [1.54, 1.807) is 11.1 Å². The number of urea groups is 1. The molecule has 1 fully saturated rings. The summed E-state index contributed by atoms with van der Waals surface area (Å²) in [5.41, 5.74) is 3.30. The summed E-state index contributed by atoms with van der Waals surface area (Å²) in [7, 11) is 0. The number of ether oxygens (including phenoxy) is 1. The maximum atomic E-state index is 13.4. The zero-order valence-electron chi connectivity index (χ0n) is 19.2. The molecule has 0 saturated carbocycles. The van der Waals surface area contributed by atoms with Gasteiger partial charge in [0.25, 0.3) is 0 Å². The van der Waals surface area contributed by atoms with Crippen LogP contribution in [-0.4, -0.2) is 41.3 Å². The summed E-state index contributed by atoms with van der Waals surface area (Å²) in [6, 6.07) is 16.5. The van der Waals surface area contributed by atoms with Crippen LogP contribution in [0.5, 0.6) is 11.5 Å². The zero-order valence-corrected chi connectivity index (χ0v) is 20.0. The molecule has 3 aromatic rings. The number of pyridine rings is 1. The number of para-hydroxylation sites is 1. The minimum absolute atomic E-state index is 0.0648. The van der Waals surface area contributed by atoms with Crippen molar-refractivity contribution in [3.05, 3.63) is 71.9 Å². The molecule has 1 aromatic heterocycles. The van der Waals surface area contributed by atoms with Crippen molar-refractivity contribution < 1.29 is 14.3 Å². The third-order valence-corrected chi connectivity index (χ3v) is 7.85. The second-order valence-electron chi connectivity index (χ2n) is 8.91. The second kappa shape index (κ2) is 8.90. The van der Waals surface area contributed by atoms with E-state index >= 15 is 0 Å². The lowest BCUT2D eigenvalue weighted by molar-refractivity contribution is -0.121. The Balaban J connectivity index is 1.29. The molecule has 2 unspecified atom stereocenters. The molecule has 8 nitrogen and oxygen atoms in total. The van der Waals surface area contributed by atoms with Gasteiger partial charge in [-0.1, -0.05) is 30.0 Å². The Morgan fingerprint density at radius 2 is 2.00 bits per heavy atom. The summed E-state index contributed by atoms with van der Waals surface area (Å²) in [4.78, 5) is 32.7. The van der Waals surface area contributed by atoms with Crippen LogP contribution in [-0.2, 0) is 4.79 Å². The topological polar surface area (TPSA) is 95.6 Å². The van der Waals surface area contributed by atoms with E-state index in [0.717, 1.165) is 52.8 Å². The summed E-state index contributed by atoms with van der Waals surface area (Å²) in [6.07, 6.45) is 2.61. The van der Waals surface area contributed by atoms with Gasteiger partial charge in [0, 0.05) is 24.3 Å². The molecule has 3 amide bonds. The molecule has 3 N–H and O–H groups in total. The molecule has 0 radical (unpaired) electrons. The molecule has 3 atom stereocenters. The fraction of sp³-hybridized carbons (Fsp3) is 0.269. The third-order valence-electron chi connectivity index (χ3n) is 6.56. The quantitative estimate of drug-likeness (QED) is 0.503. The molecule has 0 spiro atoms. The lowest BCUT2D eigenvalue weighted by Crippen LogP contribution is -2.50. The number of carbonyl (C=O) groups is 2. The van der Waals surface area contributed by atoms with Crippen LogP contribution >= 0.6 is 11.8 Å². The summed E-state index contributed by atoms with van der Waals surface area (Å²) >= 11 is 1.42. The molecule has 2 aromatic carbocycles. The number of nitrogens with zero attached hydrogens (tertiary/aromatic N) is 2. The van der Waals surface area contributed by atoms with Crippen LogP contribution in [0.15, 0.2) is 65.8 Å². The van der Waals surface area contributed by atoms with E-state index in [0.29, 0.717) is 5.75 Å². The molecule has 35 heavy (non-hydrogen) atoms. The first-order valence-corrected chi connectivity index (χ1v) is 12.6. The van der Waals surface area contributed by atoms with Gasteiger partial charge in [-0.25, -0.2) is 9.78 Å². The normalized spacial score (nSPS) is 22.5. The second-order valence-corrected chi connectivity index (χ2v) is 10.0. The van der Waals surface area contributed by atoms with Crippen LogP contribution in [0, 0.1) is 6.92 Å². The monoisotopic (exact) mass is 487 g/mol. The van der Waals surface area contributed by atoms with Gasteiger partial charge in [-0.3, -0.25) is 9.69 Å². The summed E-state index contributed by atoms with van der Waals surface area (Å²) in [5.74, 6) is 1.38. The Morgan fingerprint density at radius 1 is 1.14 bits per heavy atom. The van der Waals surface area contributed by atoms with E-state index < -0.39 is 11.3 Å². The number of aromatic nitrogens is 1. The smallest absolute Gasteiger partial charge is 0.327 e. The molecule has 6 rings (SSSR count). The number of benzene rings is 2. The number of hydrogen-bond acceptors (Lipinski definition) is 6. The molecule has 0 bridgehead atoms. The number of nitrogens with one attached hydrogen (secondary N) is 3. The molecule has 3 aliphatic heterocycles. The van der Waals surface area contributed by atoms with Crippen molar-refractivity contribution in [1.82, 2.24) is 20.9 Å². The average molecular weight is 488 g/mol. The molecule has 178 valence electrons. The van der Waals surface area contributed by atoms with Gasteiger partial charge in [0.15, 0.2) is 0 Å². The van der Waals surface area contributed by atoms with Gasteiger partial charge < -0.3 is 20.7 Å². The van der Waals surface area contributed by atoms with E-state index in [9.17, 15) is 9.59 Å². The van der Waals surface area contributed by atoms with E-state index in [-0.39, 0.29) is 18.0 Å². The Bertz CT molecular complexity index is 1300. The minimum atomic E-state index is -0.451. The molecule has 3 aliphatic rings. The van der Waals surface area contributed by atoms with Crippen LogP contribution in [0.4, 0.5) is 16.2 Å². The standard InChI is InChI=1S/C26H25N5O3S/c1-15-13-18(34-17-5-3-2-4-6-17)7-8-19(15)31-20-10-12-28-25-21(20)22(30-26(31)33)23(35-25)24(32)29-16-9-11-27-14-16/h2-8,10,12-13,16,22-23,27H,9,11,14H2,1H3,(H,29,32)(H,30,33)/t16?,22?,23-/m0/s1. The van der Waals surface area contributed by atoms with Gasteiger partial charge in [-0.2, -0.15) is 0 Å². The SMILES string of the molecule is Cc1cc(Oc2ccccc2)ccc1N1C(=O)NC2c3c1ccnc3S[C@@H]2C(=O)NC1CCNC1. The highest BCUT2D eigenvalue weighted by molar-refractivity contribution is 8.01. The largest absolute Gasteiger partial charge is 0.457 e. The first kappa shape index (κ1) is 21.9. The van der Waals surface area contributed by atoms with E-state index in [4.69, 9.17) is 4.74 Å². The number of aryl methyl sites for hydroxylation is 1. The van der Waals surface area contributed by atoms with Crippen LogP contribution < -0.4 is 25.6 Å². The Morgan fingerprint density at radius 3 is 2.77 bits per heavy atom. The van der Waals surface area contributed by atoms with Crippen LogP contribution in [0.3, 0.4) is 0 Å². The highest BCUT2D eigenvalue weighted by atomic mass is 32.2. The minimum Gasteiger partial charge on any atom is -0.457 e. The molecule has 0 aliphatic carbocycles. The van der Waals surface area contributed by atoms with Gasteiger partial charge in [0.1, 0.15) is 21.8 Å². The number of hydrogen-bond donors (Lipinski definition) is 3. The number of rotatable bonds is 5. The van der Waals surface area contributed by atoms with Crippen molar-refractivity contribution >= 4 is 35.1 Å². The fourth-order valence-electron chi connectivity index (χ4n) is 4.89. The van der Waals surface area contributed by atoms with Gasteiger partial charge in [-0.05, 0) is 61.9 Å². The highest BCUT2D eigenvalue weighted by Gasteiger charge is 2.47. The third kappa shape index (κ3) is 4.00. The molecule has 1 saturated heterocycles. The molecular formula is C26H25N5O3S. The predicted molar refractivity (Wildman–Crippen MR) is 134 cm³/mol. The van der Waals surface area contributed by atoms with Crippen molar-refractivity contribution in [1.29, 1.82) is 0 Å². The van der Waals surface area contributed by atoms with Gasteiger partial charge in [0.2, 0.25) is 5.91 Å². The molecule has 4 heterocycles. The van der Waals surface area contributed by atoms with E-state index in [1.165, 1.54) is 11.8 Å². The zero-order chi connectivity index (χ0) is 23.9. The molecule has 9 heteroatoms. The molecular weight excluding hydrogens is 462 g/mol. The number of amides is 3. The fourth-order valence-corrected chi connectivity index (χ4v) is 6.13. The summed E-state index contributed by atoms with van der Waals surface area (Å²) < 4.78 is 5.96. The van der Waals surface area contributed by atoms with Crippen molar-refractivity contribution in [2.24, 2.45) is 0 Å². The lowest BCUT2D eigenvalue weighted by Gasteiger charge is -2.35. The Labute approximate surface area is 207 Å². The van der Waals surface area contributed by atoms with E-state index in [1.807, 2.05) is 61.5 Å². The Hall–Kier alpha value is -3.56. The van der Waals surface area contributed by atoms with Crippen LogP contribution in [0.2, 0.25) is 0 Å². The Kier molecular flexibility index (Phi) is 5.58. The van der Waals surface area contributed by atoms with E-state index in [2.05, 4.69) is 20.9 Å². The maximum Gasteiger partial charge on any atom is 0.327 e. The van der Waals surface area contributed by atoms with Gasteiger partial charge >= 0.3 is 6.03 Å². The first-order valence-electron chi connectivity index (χ1n) is 11.7. The van der Waals surface area contributed by atoms with Crippen molar-refractivity contribution in [3.8, 4) is 11.5 Å². The number of anilines is 2. The van der Waals surface area contributed by atoms with Crippen molar-refractivity contribution in [2.45, 2.75) is 35.7 Å². The van der Waals surface area contributed by atoms with Crippen LogP contribution in [0.25, 0.3) is 0 Å². The lowest BCUT2D eigenvalue weighted by atomic mass is 9.99. The summed E-state index contributed by atoms with van der Waals surface area (Å²) in [5, 5.41) is 9.80. The average Bonchev–Trinajstić information content (AvgIpc) is 3.50. The highest BCUT2D eigenvalue weighted by Crippen LogP contribution is 2.51. The first-order chi connectivity index (χ1) is 17.1. The summed E-state index contributed by atoms with van der Waals surface area (Å²) in [6.45, 7) is 3.63.